The molecule has 17 heavy (non-hydrogen) atoms. The quantitative estimate of drug-likeness (QED) is 0.802. The van der Waals surface area contributed by atoms with Crippen LogP contribution in [0.15, 0.2) is 24.3 Å². The number of methoxy groups -OCH3 is 1. The summed E-state index contributed by atoms with van der Waals surface area (Å²) < 4.78 is 10.8. The van der Waals surface area contributed by atoms with Crippen LogP contribution >= 0.6 is 0 Å². The summed E-state index contributed by atoms with van der Waals surface area (Å²) >= 11 is 0. The fraction of sp³-hybridized carbons (Fsp3) is 0.500. The highest BCUT2D eigenvalue weighted by molar-refractivity contribution is 5.86. The number of hydrogen-bond donors (Lipinski definition) is 0. The van der Waals surface area contributed by atoms with Crippen molar-refractivity contribution < 1.29 is 14.3 Å². The third-order valence-electron chi connectivity index (χ3n) is 3.15. The third kappa shape index (κ3) is 2.86. The average Bonchev–Trinajstić information content (AvgIpc) is 2.77. The van der Waals surface area contributed by atoms with Gasteiger partial charge in [0.25, 0.3) is 0 Å². The Balaban J connectivity index is 2.03. The Bertz CT molecular complexity index is 400. The molecule has 0 bridgehead atoms. The number of rotatable bonds is 4. The van der Waals surface area contributed by atoms with E-state index in [2.05, 4.69) is 0 Å². The molecule has 1 aliphatic rings. The molecule has 1 aromatic carbocycles. The summed E-state index contributed by atoms with van der Waals surface area (Å²) in [4.78, 5) is 12.0. The Labute approximate surface area is 102 Å². The van der Waals surface area contributed by atoms with Crippen LogP contribution in [-0.4, -0.2) is 25.1 Å². The minimum atomic E-state index is -0.227. The van der Waals surface area contributed by atoms with Crippen LogP contribution in [0.5, 0.6) is 5.75 Å². The van der Waals surface area contributed by atoms with Crippen molar-refractivity contribution >= 4 is 5.78 Å². The summed E-state index contributed by atoms with van der Waals surface area (Å²) in [6.07, 6.45) is 2.19. The van der Waals surface area contributed by atoms with Gasteiger partial charge in [-0.2, -0.15) is 0 Å². The van der Waals surface area contributed by atoms with E-state index in [4.69, 9.17) is 9.47 Å². The van der Waals surface area contributed by atoms with E-state index in [1.807, 2.05) is 31.2 Å². The first-order valence-corrected chi connectivity index (χ1v) is 6.00. The van der Waals surface area contributed by atoms with Gasteiger partial charge < -0.3 is 9.47 Å². The van der Waals surface area contributed by atoms with E-state index >= 15 is 0 Å². The van der Waals surface area contributed by atoms with Crippen molar-refractivity contribution in [1.29, 1.82) is 0 Å². The van der Waals surface area contributed by atoms with Crippen molar-refractivity contribution in [2.45, 2.75) is 38.4 Å². The summed E-state index contributed by atoms with van der Waals surface area (Å²) in [6.45, 7) is 2.01. The maximum absolute atomic E-state index is 12.0. The Morgan fingerprint density at radius 1 is 1.41 bits per heavy atom. The summed E-state index contributed by atoms with van der Waals surface area (Å²) in [5.74, 6) is 0.922. The molecular formula is C14H18O3. The lowest BCUT2D eigenvalue weighted by Crippen LogP contribution is -2.22. The lowest BCUT2D eigenvalue weighted by Gasteiger charge is -2.11. The van der Waals surface area contributed by atoms with Gasteiger partial charge in [-0.05, 0) is 25.8 Å². The Morgan fingerprint density at radius 2 is 2.18 bits per heavy atom. The first kappa shape index (κ1) is 12.1. The zero-order valence-electron chi connectivity index (χ0n) is 10.3. The van der Waals surface area contributed by atoms with Gasteiger partial charge in [-0.3, -0.25) is 4.79 Å². The van der Waals surface area contributed by atoms with E-state index in [0.717, 1.165) is 24.2 Å². The molecule has 1 saturated heterocycles. The van der Waals surface area contributed by atoms with Crippen LogP contribution < -0.4 is 4.74 Å². The van der Waals surface area contributed by atoms with Crippen molar-refractivity contribution in [2.75, 3.05) is 7.11 Å². The molecule has 0 aromatic heterocycles. The minimum absolute atomic E-state index is 0.152. The van der Waals surface area contributed by atoms with E-state index in [1.54, 1.807) is 7.11 Å². The SMILES string of the molecule is COc1ccccc1CC(=O)C1CCC(C)O1. The second-order valence-corrected chi connectivity index (χ2v) is 4.47. The highest BCUT2D eigenvalue weighted by Crippen LogP contribution is 2.23. The Hall–Kier alpha value is -1.35. The molecule has 92 valence electrons. The molecule has 3 heteroatoms. The van der Waals surface area contributed by atoms with Crippen molar-refractivity contribution in [1.82, 2.24) is 0 Å². The summed E-state index contributed by atoms with van der Waals surface area (Å²) in [5, 5.41) is 0. The highest BCUT2D eigenvalue weighted by Gasteiger charge is 2.28. The number of carbonyl (C=O) groups excluding carboxylic acids is 1. The number of para-hydroxylation sites is 1. The van der Waals surface area contributed by atoms with Crippen molar-refractivity contribution in [2.24, 2.45) is 0 Å². The molecule has 0 saturated carbocycles. The molecule has 2 rings (SSSR count). The maximum Gasteiger partial charge on any atom is 0.166 e. The van der Waals surface area contributed by atoms with E-state index in [1.165, 1.54) is 0 Å². The fourth-order valence-electron chi connectivity index (χ4n) is 2.19. The van der Waals surface area contributed by atoms with Gasteiger partial charge in [-0.15, -0.1) is 0 Å². The molecule has 0 spiro atoms. The lowest BCUT2D eigenvalue weighted by molar-refractivity contribution is -0.128. The minimum Gasteiger partial charge on any atom is -0.496 e. The number of ether oxygens (including phenoxy) is 2. The van der Waals surface area contributed by atoms with Gasteiger partial charge in [0.15, 0.2) is 5.78 Å². The normalized spacial score (nSPS) is 23.6. The topological polar surface area (TPSA) is 35.5 Å². The number of benzene rings is 1. The van der Waals surface area contributed by atoms with Crippen LogP contribution in [0, 0.1) is 0 Å². The summed E-state index contributed by atoms with van der Waals surface area (Å²) in [7, 11) is 1.62. The molecule has 2 atom stereocenters. The van der Waals surface area contributed by atoms with E-state index in [9.17, 15) is 4.79 Å². The molecule has 1 fully saturated rings. The average molecular weight is 234 g/mol. The number of Topliss-reactive ketones (excluding diaryl/α,β-unsaturated/α-hetero) is 1. The molecule has 0 N–H and O–H groups in total. The number of carbonyl (C=O) groups is 1. The van der Waals surface area contributed by atoms with Crippen LogP contribution in [0.1, 0.15) is 25.3 Å². The predicted octanol–water partition coefficient (Wildman–Crippen LogP) is 2.37. The van der Waals surface area contributed by atoms with Gasteiger partial charge in [0, 0.05) is 12.0 Å². The van der Waals surface area contributed by atoms with Crippen LogP contribution in [0.4, 0.5) is 0 Å². The molecule has 0 amide bonds. The van der Waals surface area contributed by atoms with Gasteiger partial charge in [-0.25, -0.2) is 0 Å². The largest absolute Gasteiger partial charge is 0.496 e. The predicted molar refractivity (Wildman–Crippen MR) is 65.3 cm³/mol. The van der Waals surface area contributed by atoms with E-state index in [0.29, 0.717) is 6.42 Å². The monoisotopic (exact) mass is 234 g/mol. The Kier molecular flexibility index (Phi) is 3.79. The van der Waals surface area contributed by atoms with Crippen molar-refractivity contribution in [3.05, 3.63) is 29.8 Å². The van der Waals surface area contributed by atoms with Crippen molar-refractivity contribution in [3.63, 3.8) is 0 Å². The van der Waals surface area contributed by atoms with Crippen LogP contribution in [0.3, 0.4) is 0 Å². The van der Waals surface area contributed by atoms with Crippen LogP contribution in [0.25, 0.3) is 0 Å². The molecule has 0 radical (unpaired) electrons. The molecule has 3 nitrogen and oxygen atoms in total. The Morgan fingerprint density at radius 3 is 2.82 bits per heavy atom. The molecule has 2 unspecified atom stereocenters. The van der Waals surface area contributed by atoms with E-state index in [-0.39, 0.29) is 18.0 Å². The highest BCUT2D eigenvalue weighted by atomic mass is 16.5. The van der Waals surface area contributed by atoms with Crippen LogP contribution in [0.2, 0.25) is 0 Å². The second kappa shape index (κ2) is 5.32. The van der Waals surface area contributed by atoms with Gasteiger partial charge in [0.2, 0.25) is 0 Å². The molecule has 0 aliphatic carbocycles. The van der Waals surface area contributed by atoms with E-state index < -0.39 is 0 Å². The molecular weight excluding hydrogens is 216 g/mol. The first-order valence-electron chi connectivity index (χ1n) is 6.00. The summed E-state index contributed by atoms with van der Waals surface area (Å²) in [6, 6.07) is 7.63. The van der Waals surface area contributed by atoms with Crippen molar-refractivity contribution in [3.8, 4) is 5.75 Å². The summed E-state index contributed by atoms with van der Waals surface area (Å²) in [5.41, 5.74) is 0.933. The maximum atomic E-state index is 12.0. The third-order valence-corrected chi connectivity index (χ3v) is 3.15. The molecule has 1 aromatic rings. The number of ketones is 1. The molecule has 1 aliphatic heterocycles. The van der Waals surface area contributed by atoms with Gasteiger partial charge in [0.1, 0.15) is 11.9 Å². The van der Waals surface area contributed by atoms with Gasteiger partial charge in [0.05, 0.1) is 13.2 Å². The first-order chi connectivity index (χ1) is 8.20. The van der Waals surface area contributed by atoms with Gasteiger partial charge in [-0.1, -0.05) is 18.2 Å². The zero-order valence-corrected chi connectivity index (χ0v) is 10.3. The fourth-order valence-corrected chi connectivity index (χ4v) is 2.19. The number of hydrogen-bond acceptors (Lipinski definition) is 3. The van der Waals surface area contributed by atoms with Gasteiger partial charge >= 0.3 is 0 Å². The zero-order chi connectivity index (χ0) is 12.3. The standard InChI is InChI=1S/C14H18O3/c1-10-7-8-14(17-10)12(15)9-11-5-3-4-6-13(11)16-2/h3-6,10,14H,7-9H2,1-2H3. The second-order valence-electron chi connectivity index (χ2n) is 4.47. The molecule has 1 heterocycles. The smallest absolute Gasteiger partial charge is 0.166 e. The van der Waals surface area contributed by atoms with Crippen LogP contribution in [-0.2, 0) is 16.0 Å². The lowest BCUT2D eigenvalue weighted by atomic mass is 10.0.